The molecule has 2 N–H and O–H groups in total. The number of guanidine groups is 1. The molecule has 1 aromatic heterocycles. The number of nitrogens with one attached hydrogen (secondary N) is 2. The molecule has 8 heteroatoms. The first-order valence-corrected chi connectivity index (χ1v) is 8.64. The standard InChI is InChI=1S/C14H28N6S.HI/c1-6-15-14(16-7-8-21-5)17-10-13(19(2)3)12-9-18-20(4)11-12;/h9,11,13H,6-8,10H2,1-5H3,(H2,15,16,17);1H. The minimum atomic E-state index is 0. The van der Waals surface area contributed by atoms with E-state index in [1.54, 1.807) is 0 Å². The Labute approximate surface area is 155 Å². The van der Waals surface area contributed by atoms with Gasteiger partial charge in [0.2, 0.25) is 0 Å². The van der Waals surface area contributed by atoms with Crippen molar-refractivity contribution >= 4 is 41.7 Å². The molecule has 22 heavy (non-hydrogen) atoms. The van der Waals surface area contributed by atoms with Gasteiger partial charge in [-0.1, -0.05) is 0 Å². The first-order chi connectivity index (χ1) is 10.1. The van der Waals surface area contributed by atoms with E-state index in [1.807, 2.05) is 35.9 Å². The van der Waals surface area contributed by atoms with Crippen LogP contribution in [0.4, 0.5) is 0 Å². The maximum Gasteiger partial charge on any atom is 0.191 e. The van der Waals surface area contributed by atoms with E-state index >= 15 is 0 Å². The van der Waals surface area contributed by atoms with Crippen molar-refractivity contribution in [3.63, 3.8) is 0 Å². The summed E-state index contributed by atoms with van der Waals surface area (Å²) in [4.78, 5) is 6.87. The molecule has 0 bridgehead atoms. The van der Waals surface area contributed by atoms with Crippen LogP contribution in [-0.4, -0.2) is 66.4 Å². The summed E-state index contributed by atoms with van der Waals surface area (Å²) in [6.45, 7) is 4.57. The molecule has 0 radical (unpaired) electrons. The van der Waals surface area contributed by atoms with E-state index in [9.17, 15) is 0 Å². The van der Waals surface area contributed by atoms with E-state index in [-0.39, 0.29) is 30.0 Å². The SMILES string of the molecule is CCNC(=NCC(c1cnn(C)c1)N(C)C)NCCSC.I. The number of aromatic nitrogens is 2. The number of likely N-dealkylation sites (N-methyl/N-ethyl adjacent to an activating group) is 1. The predicted octanol–water partition coefficient (Wildman–Crippen LogP) is 1.56. The number of rotatable bonds is 8. The molecule has 0 saturated carbocycles. The Morgan fingerprint density at radius 3 is 2.68 bits per heavy atom. The number of halogens is 1. The van der Waals surface area contributed by atoms with Crippen molar-refractivity contribution in [2.75, 3.05) is 45.7 Å². The van der Waals surface area contributed by atoms with E-state index in [0.717, 1.165) is 24.8 Å². The highest BCUT2D eigenvalue weighted by Gasteiger charge is 2.15. The Morgan fingerprint density at radius 1 is 1.45 bits per heavy atom. The third-order valence-electron chi connectivity index (χ3n) is 3.10. The van der Waals surface area contributed by atoms with Crippen LogP contribution in [0.1, 0.15) is 18.5 Å². The quantitative estimate of drug-likeness (QED) is 0.278. The number of aryl methyl sites for hydroxylation is 1. The highest BCUT2D eigenvalue weighted by Crippen LogP contribution is 2.17. The molecule has 0 saturated heterocycles. The lowest BCUT2D eigenvalue weighted by molar-refractivity contribution is 0.306. The maximum atomic E-state index is 4.70. The van der Waals surface area contributed by atoms with Gasteiger partial charge in [0.15, 0.2) is 5.96 Å². The van der Waals surface area contributed by atoms with Gasteiger partial charge in [-0.15, -0.1) is 24.0 Å². The molecule has 128 valence electrons. The lowest BCUT2D eigenvalue weighted by Crippen LogP contribution is -2.39. The Bertz CT molecular complexity index is 435. The van der Waals surface area contributed by atoms with E-state index in [1.165, 1.54) is 5.56 Å². The molecule has 1 heterocycles. The van der Waals surface area contributed by atoms with Gasteiger partial charge in [0, 0.05) is 37.7 Å². The van der Waals surface area contributed by atoms with Gasteiger partial charge in [0.1, 0.15) is 0 Å². The molecule has 0 aliphatic heterocycles. The molecule has 1 aromatic rings. The van der Waals surface area contributed by atoms with Crippen molar-refractivity contribution in [2.45, 2.75) is 13.0 Å². The van der Waals surface area contributed by atoms with Crippen LogP contribution < -0.4 is 10.6 Å². The third kappa shape index (κ3) is 7.68. The topological polar surface area (TPSA) is 57.5 Å². The second kappa shape index (κ2) is 12.0. The molecule has 0 aliphatic carbocycles. The summed E-state index contributed by atoms with van der Waals surface area (Å²) in [5, 5.41) is 10.9. The van der Waals surface area contributed by atoms with Crippen molar-refractivity contribution in [3.8, 4) is 0 Å². The van der Waals surface area contributed by atoms with Gasteiger partial charge < -0.3 is 15.5 Å². The zero-order chi connectivity index (χ0) is 15.7. The zero-order valence-electron chi connectivity index (χ0n) is 14.2. The molecule has 1 rings (SSSR count). The van der Waals surface area contributed by atoms with Crippen LogP contribution in [0.5, 0.6) is 0 Å². The smallest absolute Gasteiger partial charge is 0.191 e. The molecule has 0 spiro atoms. The summed E-state index contributed by atoms with van der Waals surface area (Å²) in [5.41, 5.74) is 1.19. The Balaban J connectivity index is 0.00000441. The number of hydrogen-bond donors (Lipinski definition) is 2. The minimum Gasteiger partial charge on any atom is -0.357 e. The average Bonchev–Trinajstić information content (AvgIpc) is 2.85. The molecule has 0 fully saturated rings. The molecule has 0 amide bonds. The second-order valence-electron chi connectivity index (χ2n) is 5.07. The van der Waals surface area contributed by atoms with Gasteiger partial charge >= 0.3 is 0 Å². The summed E-state index contributed by atoms with van der Waals surface area (Å²) in [6, 6.07) is 0.231. The Kier molecular flexibility index (Phi) is 11.7. The molecule has 6 nitrogen and oxygen atoms in total. The number of thioether (sulfide) groups is 1. The highest BCUT2D eigenvalue weighted by atomic mass is 127. The van der Waals surface area contributed by atoms with Crippen LogP contribution in [-0.2, 0) is 7.05 Å². The molecule has 1 atom stereocenters. The van der Waals surface area contributed by atoms with Crippen molar-refractivity contribution < 1.29 is 0 Å². The fraction of sp³-hybridized carbons (Fsp3) is 0.714. The van der Waals surface area contributed by atoms with Gasteiger partial charge in [-0.2, -0.15) is 16.9 Å². The van der Waals surface area contributed by atoms with Crippen molar-refractivity contribution in [3.05, 3.63) is 18.0 Å². The lowest BCUT2D eigenvalue weighted by atomic mass is 10.1. The minimum absolute atomic E-state index is 0. The lowest BCUT2D eigenvalue weighted by Gasteiger charge is -2.22. The fourth-order valence-electron chi connectivity index (χ4n) is 1.97. The predicted molar refractivity (Wildman–Crippen MR) is 107 cm³/mol. The summed E-state index contributed by atoms with van der Waals surface area (Å²) in [7, 11) is 6.08. The van der Waals surface area contributed by atoms with Crippen LogP contribution in [0.3, 0.4) is 0 Å². The van der Waals surface area contributed by atoms with Crippen LogP contribution in [0.2, 0.25) is 0 Å². The van der Waals surface area contributed by atoms with E-state index in [4.69, 9.17) is 4.99 Å². The van der Waals surface area contributed by atoms with Crippen LogP contribution in [0.25, 0.3) is 0 Å². The summed E-state index contributed by atoms with van der Waals surface area (Å²) in [6.07, 6.45) is 6.07. The summed E-state index contributed by atoms with van der Waals surface area (Å²) in [5.74, 6) is 1.95. The van der Waals surface area contributed by atoms with Gasteiger partial charge in [0.05, 0.1) is 18.8 Å². The number of aliphatic imine (C=N–C) groups is 1. The Hall–Kier alpha value is -0.480. The monoisotopic (exact) mass is 440 g/mol. The molecule has 0 aromatic carbocycles. The van der Waals surface area contributed by atoms with Crippen LogP contribution in [0.15, 0.2) is 17.4 Å². The van der Waals surface area contributed by atoms with E-state index < -0.39 is 0 Å². The fourth-order valence-corrected chi connectivity index (χ4v) is 2.28. The summed E-state index contributed by atoms with van der Waals surface area (Å²) >= 11 is 1.83. The van der Waals surface area contributed by atoms with Crippen LogP contribution >= 0.6 is 35.7 Å². The van der Waals surface area contributed by atoms with Gasteiger partial charge in [-0.25, -0.2) is 0 Å². The average molecular weight is 440 g/mol. The van der Waals surface area contributed by atoms with E-state index in [0.29, 0.717) is 6.54 Å². The van der Waals surface area contributed by atoms with Gasteiger partial charge in [-0.3, -0.25) is 9.67 Å². The third-order valence-corrected chi connectivity index (χ3v) is 3.71. The van der Waals surface area contributed by atoms with Crippen molar-refractivity contribution in [1.82, 2.24) is 25.3 Å². The maximum absolute atomic E-state index is 4.70. The normalized spacial score (nSPS) is 12.9. The Morgan fingerprint density at radius 2 is 2.18 bits per heavy atom. The molecule has 0 aliphatic rings. The first kappa shape index (κ1) is 21.5. The molecular formula is C14H29IN6S. The van der Waals surface area contributed by atoms with Crippen molar-refractivity contribution in [2.24, 2.45) is 12.0 Å². The van der Waals surface area contributed by atoms with Crippen LogP contribution in [0, 0.1) is 0 Å². The van der Waals surface area contributed by atoms with Crippen molar-refractivity contribution in [1.29, 1.82) is 0 Å². The number of nitrogens with zero attached hydrogens (tertiary/aromatic N) is 4. The van der Waals surface area contributed by atoms with Gasteiger partial charge in [0.25, 0.3) is 0 Å². The zero-order valence-corrected chi connectivity index (χ0v) is 17.3. The molecular weight excluding hydrogens is 411 g/mol. The van der Waals surface area contributed by atoms with Gasteiger partial charge in [-0.05, 0) is 27.3 Å². The summed E-state index contributed by atoms with van der Waals surface area (Å²) < 4.78 is 1.83. The first-order valence-electron chi connectivity index (χ1n) is 7.24. The largest absolute Gasteiger partial charge is 0.357 e. The molecule has 1 unspecified atom stereocenters. The second-order valence-corrected chi connectivity index (χ2v) is 6.05. The van der Waals surface area contributed by atoms with E-state index in [2.05, 4.69) is 47.9 Å². The number of hydrogen-bond acceptors (Lipinski definition) is 4. The highest BCUT2D eigenvalue weighted by molar-refractivity contribution is 14.0.